The molecular formula is C21H23NO3S2. The van der Waals surface area contributed by atoms with Gasteiger partial charge in [0.2, 0.25) is 5.91 Å². The summed E-state index contributed by atoms with van der Waals surface area (Å²) in [5.41, 5.74) is 2.56. The van der Waals surface area contributed by atoms with E-state index in [1.165, 1.54) is 14.7 Å². The third-order valence-electron chi connectivity index (χ3n) is 6.05. The summed E-state index contributed by atoms with van der Waals surface area (Å²) < 4.78 is 7.09. The first kappa shape index (κ1) is 17.7. The van der Waals surface area contributed by atoms with Crippen molar-refractivity contribution in [1.29, 1.82) is 0 Å². The minimum absolute atomic E-state index is 0.185. The maximum atomic E-state index is 11.9. The molecule has 2 saturated heterocycles. The molecule has 6 heteroatoms. The van der Waals surface area contributed by atoms with Crippen LogP contribution in [0.1, 0.15) is 43.2 Å². The summed E-state index contributed by atoms with van der Waals surface area (Å²) in [6, 6.07) is 8.48. The molecule has 1 aromatic heterocycles. The predicted octanol–water partition coefficient (Wildman–Crippen LogP) is 4.34. The van der Waals surface area contributed by atoms with Crippen molar-refractivity contribution < 1.29 is 14.6 Å². The molecule has 2 bridgehead atoms. The monoisotopic (exact) mass is 401 g/mol. The quantitative estimate of drug-likeness (QED) is 0.831. The third-order valence-corrected chi connectivity index (χ3v) is 8.12. The summed E-state index contributed by atoms with van der Waals surface area (Å²) >= 11 is 3.43. The zero-order valence-electron chi connectivity index (χ0n) is 15.3. The molecule has 2 fully saturated rings. The van der Waals surface area contributed by atoms with Gasteiger partial charge in [-0.1, -0.05) is 11.8 Å². The number of aliphatic hydroxyl groups is 1. The van der Waals surface area contributed by atoms with E-state index in [1.54, 1.807) is 28.0 Å². The fourth-order valence-corrected chi connectivity index (χ4v) is 6.69. The maximum absolute atomic E-state index is 11.9. The Balaban J connectivity index is 1.35. The molecule has 142 valence electrons. The van der Waals surface area contributed by atoms with Gasteiger partial charge in [-0.2, -0.15) is 0 Å². The lowest BCUT2D eigenvalue weighted by atomic mass is 9.85. The highest BCUT2D eigenvalue weighted by Gasteiger charge is 2.45. The molecule has 27 heavy (non-hydrogen) atoms. The summed E-state index contributed by atoms with van der Waals surface area (Å²) in [5, 5.41) is 13.3. The molecule has 1 amide bonds. The van der Waals surface area contributed by atoms with E-state index in [0.29, 0.717) is 19.3 Å². The first-order valence-electron chi connectivity index (χ1n) is 9.54. The Kier molecular flexibility index (Phi) is 4.35. The number of nitrogens with zero attached hydrogens (tertiary/aromatic N) is 1. The SMILES string of the molecule is CN1C(=O)CCc2cc(Sc3cc(C4(O)CC5CCC(C4)O5)cs3)ccc21. The number of rotatable bonds is 3. The zero-order chi connectivity index (χ0) is 18.6. The van der Waals surface area contributed by atoms with Gasteiger partial charge in [0.15, 0.2) is 0 Å². The number of thiophene rings is 1. The van der Waals surface area contributed by atoms with E-state index in [2.05, 4.69) is 23.6 Å². The molecule has 1 N–H and O–H groups in total. The number of ether oxygens (including phenoxy) is 1. The lowest BCUT2D eigenvalue weighted by Crippen LogP contribution is -2.38. The van der Waals surface area contributed by atoms with Crippen molar-refractivity contribution >= 4 is 34.7 Å². The third kappa shape index (κ3) is 3.23. The Morgan fingerprint density at radius 3 is 2.78 bits per heavy atom. The average molecular weight is 402 g/mol. The molecule has 2 unspecified atom stereocenters. The van der Waals surface area contributed by atoms with E-state index < -0.39 is 5.60 Å². The second-order valence-electron chi connectivity index (χ2n) is 7.90. The van der Waals surface area contributed by atoms with Crippen molar-refractivity contribution in [3.05, 3.63) is 40.8 Å². The van der Waals surface area contributed by atoms with Gasteiger partial charge in [-0.15, -0.1) is 11.3 Å². The van der Waals surface area contributed by atoms with E-state index in [4.69, 9.17) is 4.74 Å². The van der Waals surface area contributed by atoms with Gasteiger partial charge in [-0.25, -0.2) is 0 Å². The van der Waals surface area contributed by atoms with Crippen LogP contribution >= 0.6 is 23.1 Å². The van der Waals surface area contributed by atoms with E-state index >= 15 is 0 Å². The molecule has 4 heterocycles. The smallest absolute Gasteiger partial charge is 0.227 e. The number of fused-ring (bicyclic) bond motifs is 3. The van der Waals surface area contributed by atoms with Gasteiger partial charge in [-0.05, 0) is 60.0 Å². The van der Waals surface area contributed by atoms with Gasteiger partial charge in [0.05, 0.1) is 22.0 Å². The molecule has 2 aromatic rings. The average Bonchev–Trinajstić information content (AvgIpc) is 3.25. The van der Waals surface area contributed by atoms with Gasteiger partial charge in [0.25, 0.3) is 0 Å². The van der Waals surface area contributed by atoms with Crippen LogP contribution in [-0.2, 0) is 21.6 Å². The molecule has 3 aliphatic heterocycles. The number of aryl methyl sites for hydroxylation is 1. The number of benzene rings is 1. The minimum Gasteiger partial charge on any atom is -0.385 e. The number of carbonyl (C=O) groups excluding carboxylic acids is 1. The van der Waals surface area contributed by atoms with E-state index in [9.17, 15) is 9.90 Å². The molecule has 1 aromatic carbocycles. The minimum atomic E-state index is -0.738. The van der Waals surface area contributed by atoms with Gasteiger partial charge < -0.3 is 14.7 Å². The molecular weight excluding hydrogens is 378 g/mol. The van der Waals surface area contributed by atoms with Gasteiger partial charge >= 0.3 is 0 Å². The summed E-state index contributed by atoms with van der Waals surface area (Å²) in [4.78, 5) is 14.8. The molecule has 0 saturated carbocycles. The van der Waals surface area contributed by atoms with Crippen molar-refractivity contribution in [3.8, 4) is 0 Å². The molecule has 5 rings (SSSR count). The van der Waals surface area contributed by atoms with Gasteiger partial charge in [0, 0.05) is 36.9 Å². The normalized spacial score (nSPS) is 29.9. The van der Waals surface area contributed by atoms with Crippen molar-refractivity contribution in [1.82, 2.24) is 0 Å². The van der Waals surface area contributed by atoms with Crippen molar-refractivity contribution in [2.45, 2.75) is 65.4 Å². The number of amides is 1. The van der Waals surface area contributed by atoms with Gasteiger partial charge in [0.1, 0.15) is 0 Å². The Morgan fingerprint density at radius 1 is 1.22 bits per heavy atom. The van der Waals surface area contributed by atoms with Crippen LogP contribution in [0, 0.1) is 0 Å². The lowest BCUT2D eigenvalue weighted by molar-refractivity contribution is -0.118. The van der Waals surface area contributed by atoms with Crippen molar-refractivity contribution in [3.63, 3.8) is 0 Å². The molecule has 0 radical (unpaired) electrons. The summed E-state index contributed by atoms with van der Waals surface area (Å²) in [7, 11) is 1.85. The molecule has 0 spiro atoms. The molecule has 3 aliphatic rings. The van der Waals surface area contributed by atoms with Gasteiger partial charge in [-0.3, -0.25) is 4.79 Å². The molecule has 2 atom stereocenters. The van der Waals surface area contributed by atoms with E-state index in [1.807, 2.05) is 13.1 Å². The highest BCUT2D eigenvalue weighted by Crippen LogP contribution is 2.46. The summed E-state index contributed by atoms with van der Waals surface area (Å²) in [6.07, 6.45) is 5.39. The molecule has 4 nitrogen and oxygen atoms in total. The van der Waals surface area contributed by atoms with Crippen LogP contribution in [0.15, 0.2) is 38.8 Å². The van der Waals surface area contributed by atoms with Crippen molar-refractivity contribution in [2.24, 2.45) is 0 Å². The Morgan fingerprint density at radius 2 is 2.00 bits per heavy atom. The fourth-order valence-electron chi connectivity index (χ4n) is 4.58. The number of hydrogen-bond acceptors (Lipinski definition) is 5. The maximum Gasteiger partial charge on any atom is 0.227 e. The van der Waals surface area contributed by atoms with Crippen LogP contribution in [0.4, 0.5) is 5.69 Å². The Labute approximate surface area is 167 Å². The first-order valence-corrected chi connectivity index (χ1v) is 11.2. The van der Waals surface area contributed by atoms with Crippen LogP contribution in [0.3, 0.4) is 0 Å². The summed E-state index contributed by atoms with van der Waals surface area (Å²) in [6.45, 7) is 0. The van der Waals surface area contributed by atoms with Crippen molar-refractivity contribution in [2.75, 3.05) is 11.9 Å². The highest BCUT2D eigenvalue weighted by molar-refractivity contribution is 8.01. The lowest BCUT2D eigenvalue weighted by Gasteiger charge is -2.36. The number of anilines is 1. The Hall–Kier alpha value is -1.34. The second-order valence-corrected chi connectivity index (χ2v) is 10.2. The van der Waals surface area contributed by atoms with E-state index in [-0.39, 0.29) is 18.1 Å². The van der Waals surface area contributed by atoms with Crippen LogP contribution in [0.25, 0.3) is 0 Å². The van der Waals surface area contributed by atoms with Crippen LogP contribution in [-0.4, -0.2) is 30.3 Å². The predicted molar refractivity (Wildman–Crippen MR) is 108 cm³/mol. The summed E-state index contributed by atoms with van der Waals surface area (Å²) in [5.74, 6) is 0.185. The van der Waals surface area contributed by atoms with Crippen LogP contribution in [0.5, 0.6) is 0 Å². The second kappa shape index (κ2) is 6.62. The fraction of sp³-hybridized carbons (Fsp3) is 0.476. The van der Waals surface area contributed by atoms with Crippen LogP contribution < -0.4 is 4.90 Å². The Bertz CT molecular complexity index is 881. The molecule has 0 aliphatic carbocycles. The first-order chi connectivity index (χ1) is 13.0. The zero-order valence-corrected chi connectivity index (χ0v) is 16.9. The highest BCUT2D eigenvalue weighted by atomic mass is 32.2. The van der Waals surface area contributed by atoms with Crippen LogP contribution in [0.2, 0.25) is 0 Å². The number of carbonyl (C=O) groups is 1. The largest absolute Gasteiger partial charge is 0.385 e. The van der Waals surface area contributed by atoms with E-state index in [0.717, 1.165) is 30.5 Å². The standard InChI is InChI=1S/C21H23NO3S2/c1-22-18-6-5-17(8-13(18)2-7-19(22)23)27-20-9-14(12-26-20)21(24)10-15-3-4-16(11-21)25-15/h5-6,8-9,12,15-16,24H,2-4,7,10-11H2,1H3. The number of hydrogen-bond donors (Lipinski definition) is 1. The topological polar surface area (TPSA) is 49.8 Å².